The Morgan fingerprint density at radius 3 is 2.35 bits per heavy atom. The van der Waals surface area contributed by atoms with Gasteiger partial charge < -0.3 is 10.6 Å². The molecule has 0 aliphatic heterocycles. The van der Waals surface area contributed by atoms with E-state index < -0.39 is 0 Å². The predicted octanol–water partition coefficient (Wildman–Crippen LogP) is 2.50. The number of anilines is 1. The van der Waals surface area contributed by atoms with Crippen LogP contribution in [0.5, 0.6) is 0 Å². The molecule has 1 aromatic rings. The van der Waals surface area contributed by atoms with Gasteiger partial charge in [0.05, 0.1) is 0 Å². The van der Waals surface area contributed by atoms with E-state index in [9.17, 15) is 4.79 Å². The minimum Gasteiger partial charge on any atom is -0.367 e. The lowest BCUT2D eigenvalue weighted by Gasteiger charge is -2.14. The fourth-order valence-electron chi connectivity index (χ4n) is 3.17. The summed E-state index contributed by atoms with van der Waals surface area (Å²) in [5.74, 6) is 0.692. The molecule has 2 saturated carbocycles. The highest BCUT2D eigenvalue weighted by Crippen LogP contribution is 2.21. The average molecular weight is 274 g/mol. The molecule has 1 heterocycles. The molecule has 2 N–H and O–H groups in total. The average Bonchev–Trinajstić information content (AvgIpc) is 3.12. The number of nitrogens with one attached hydrogen (secondary N) is 2. The Morgan fingerprint density at radius 1 is 1.00 bits per heavy atom. The second-order valence-corrected chi connectivity index (χ2v) is 5.87. The van der Waals surface area contributed by atoms with Crippen LogP contribution in [0.25, 0.3) is 0 Å². The van der Waals surface area contributed by atoms with Gasteiger partial charge in [-0.15, -0.1) is 0 Å². The van der Waals surface area contributed by atoms with Crippen LogP contribution in [0.4, 0.5) is 5.82 Å². The minimum atomic E-state index is -0.0752. The number of carbonyl (C=O) groups is 1. The number of nitrogens with zero attached hydrogens (tertiary/aromatic N) is 2. The Hall–Kier alpha value is -1.65. The fraction of sp³-hybridized carbons (Fsp3) is 0.667. The van der Waals surface area contributed by atoms with Crippen LogP contribution in [0.1, 0.15) is 61.9 Å². The summed E-state index contributed by atoms with van der Waals surface area (Å²) in [7, 11) is 0. The third kappa shape index (κ3) is 3.26. The number of amides is 1. The molecule has 0 aromatic carbocycles. The zero-order valence-electron chi connectivity index (χ0n) is 11.8. The zero-order chi connectivity index (χ0) is 13.8. The molecule has 5 nitrogen and oxygen atoms in total. The SMILES string of the molecule is O=C(NC1CCCC1)c1cc(NC2CCCC2)ncn1. The normalized spacial score (nSPS) is 20.2. The lowest BCUT2D eigenvalue weighted by atomic mass is 10.2. The smallest absolute Gasteiger partial charge is 0.270 e. The largest absolute Gasteiger partial charge is 0.367 e. The van der Waals surface area contributed by atoms with Crippen molar-refractivity contribution in [3.8, 4) is 0 Å². The maximum Gasteiger partial charge on any atom is 0.270 e. The molecule has 0 bridgehead atoms. The third-order valence-corrected chi connectivity index (χ3v) is 4.30. The molecule has 0 saturated heterocycles. The Morgan fingerprint density at radius 2 is 1.65 bits per heavy atom. The Bertz CT molecular complexity index is 465. The van der Waals surface area contributed by atoms with Crippen molar-refractivity contribution in [2.75, 3.05) is 5.32 Å². The van der Waals surface area contributed by atoms with E-state index >= 15 is 0 Å². The molecular weight excluding hydrogens is 252 g/mol. The maximum absolute atomic E-state index is 12.2. The standard InChI is InChI=1S/C15H22N4O/c20-15(19-12-7-3-4-8-12)13-9-14(17-10-16-13)18-11-5-1-2-6-11/h9-12H,1-8H2,(H,19,20)(H,16,17,18). The summed E-state index contributed by atoms with van der Waals surface area (Å²) in [6.45, 7) is 0. The van der Waals surface area contributed by atoms with Crippen LogP contribution >= 0.6 is 0 Å². The van der Waals surface area contributed by atoms with Gasteiger partial charge in [-0.2, -0.15) is 0 Å². The van der Waals surface area contributed by atoms with Crippen molar-refractivity contribution < 1.29 is 4.79 Å². The molecule has 1 aromatic heterocycles. The summed E-state index contributed by atoms with van der Waals surface area (Å²) in [5.41, 5.74) is 0.465. The van der Waals surface area contributed by atoms with Crippen LogP contribution in [-0.2, 0) is 0 Å². The number of hydrogen-bond donors (Lipinski definition) is 2. The van der Waals surface area contributed by atoms with Crippen molar-refractivity contribution in [1.29, 1.82) is 0 Å². The number of hydrogen-bond acceptors (Lipinski definition) is 4. The molecule has 0 atom stereocenters. The van der Waals surface area contributed by atoms with Gasteiger partial charge in [0.1, 0.15) is 17.8 Å². The van der Waals surface area contributed by atoms with Gasteiger partial charge in [0.15, 0.2) is 0 Å². The minimum absolute atomic E-state index is 0.0752. The Balaban J connectivity index is 1.61. The van der Waals surface area contributed by atoms with Crippen molar-refractivity contribution in [3.05, 3.63) is 18.1 Å². The van der Waals surface area contributed by atoms with Crippen molar-refractivity contribution in [1.82, 2.24) is 15.3 Å². The van der Waals surface area contributed by atoms with Gasteiger partial charge in [0, 0.05) is 18.2 Å². The predicted molar refractivity (Wildman–Crippen MR) is 77.6 cm³/mol. The first-order valence-corrected chi connectivity index (χ1v) is 7.71. The van der Waals surface area contributed by atoms with Crippen LogP contribution in [0.3, 0.4) is 0 Å². The summed E-state index contributed by atoms with van der Waals surface area (Å²) >= 11 is 0. The van der Waals surface area contributed by atoms with Gasteiger partial charge in [-0.05, 0) is 25.7 Å². The highest BCUT2D eigenvalue weighted by Gasteiger charge is 2.20. The first-order chi connectivity index (χ1) is 9.81. The van der Waals surface area contributed by atoms with E-state index in [1.165, 1.54) is 44.9 Å². The van der Waals surface area contributed by atoms with E-state index in [0.29, 0.717) is 17.8 Å². The van der Waals surface area contributed by atoms with E-state index in [4.69, 9.17) is 0 Å². The van der Waals surface area contributed by atoms with Crippen LogP contribution < -0.4 is 10.6 Å². The molecule has 0 radical (unpaired) electrons. The number of carbonyl (C=O) groups excluding carboxylic acids is 1. The fourth-order valence-corrected chi connectivity index (χ4v) is 3.17. The van der Waals surface area contributed by atoms with E-state index in [-0.39, 0.29) is 5.91 Å². The van der Waals surface area contributed by atoms with Crippen LogP contribution in [0.2, 0.25) is 0 Å². The molecule has 0 spiro atoms. The first kappa shape index (κ1) is 13.3. The van der Waals surface area contributed by atoms with Crippen molar-refractivity contribution in [2.45, 2.75) is 63.5 Å². The lowest BCUT2D eigenvalue weighted by Crippen LogP contribution is -2.33. The van der Waals surface area contributed by atoms with Crippen LogP contribution in [0.15, 0.2) is 12.4 Å². The van der Waals surface area contributed by atoms with E-state index in [1.807, 2.05) is 0 Å². The highest BCUT2D eigenvalue weighted by atomic mass is 16.1. The van der Waals surface area contributed by atoms with Crippen molar-refractivity contribution in [3.63, 3.8) is 0 Å². The summed E-state index contributed by atoms with van der Waals surface area (Å²) in [6, 6.07) is 2.59. The molecule has 108 valence electrons. The summed E-state index contributed by atoms with van der Waals surface area (Å²) in [5, 5.41) is 6.46. The molecule has 2 aliphatic carbocycles. The van der Waals surface area contributed by atoms with Gasteiger partial charge in [0.25, 0.3) is 5.91 Å². The molecule has 5 heteroatoms. The molecule has 1 amide bonds. The monoisotopic (exact) mass is 274 g/mol. The quantitative estimate of drug-likeness (QED) is 0.885. The van der Waals surface area contributed by atoms with Gasteiger partial charge in [-0.25, -0.2) is 9.97 Å². The molecular formula is C15H22N4O. The third-order valence-electron chi connectivity index (χ3n) is 4.30. The molecule has 0 unspecified atom stereocenters. The molecule has 20 heavy (non-hydrogen) atoms. The molecule has 3 rings (SSSR count). The number of rotatable bonds is 4. The second-order valence-electron chi connectivity index (χ2n) is 5.87. The summed E-state index contributed by atoms with van der Waals surface area (Å²) < 4.78 is 0. The Kier molecular flexibility index (Phi) is 4.14. The maximum atomic E-state index is 12.2. The Labute approximate surface area is 119 Å². The van der Waals surface area contributed by atoms with E-state index in [0.717, 1.165) is 18.7 Å². The van der Waals surface area contributed by atoms with Crippen molar-refractivity contribution in [2.24, 2.45) is 0 Å². The summed E-state index contributed by atoms with van der Waals surface area (Å²) in [4.78, 5) is 20.5. The van der Waals surface area contributed by atoms with Crippen LogP contribution in [-0.4, -0.2) is 28.0 Å². The van der Waals surface area contributed by atoms with Gasteiger partial charge in [-0.3, -0.25) is 4.79 Å². The lowest BCUT2D eigenvalue weighted by molar-refractivity contribution is 0.0932. The zero-order valence-corrected chi connectivity index (χ0v) is 11.8. The molecule has 2 fully saturated rings. The second kappa shape index (κ2) is 6.20. The first-order valence-electron chi connectivity index (χ1n) is 7.71. The van der Waals surface area contributed by atoms with E-state index in [2.05, 4.69) is 20.6 Å². The van der Waals surface area contributed by atoms with Gasteiger partial charge >= 0.3 is 0 Å². The molecule has 2 aliphatic rings. The van der Waals surface area contributed by atoms with Gasteiger partial charge in [-0.1, -0.05) is 25.7 Å². The van der Waals surface area contributed by atoms with Crippen LogP contribution in [0, 0.1) is 0 Å². The number of aromatic nitrogens is 2. The summed E-state index contributed by atoms with van der Waals surface area (Å²) in [6.07, 6.45) is 11.0. The topological polar surface area (TPSA) is 66.9 Å². The van der Waals surface area contributed by atoms with Crippen molar-refractivity contribution >= 4 is 11.7 Å². The highest BCUT2D eigenvalue weighted by molar-refractivity contribution is 5.93. The van der Waals surface area contributed by atoms with E-state index in [1.54, 1.807) is 6.07 Å². The van der Waals surface area contributed by atoms with Gasteiger partial charge in [0.2, 0.25) is 0 Å².